The van der Waals surface area contributed by atoms with Gasteiger partial charge in [0.2, 0.25) is 5.91 Å². The highest BCUT2D eigenvalue weighted by Crippen LogP contribution is 2.46. The summed E-state index contributed by atoms with van der Waals surface area (Å²) in [6.45, 7) is 0. The van der Waals surface area contributed by atoms with Crippen molar-refractivity contribution >= 4 is 34.4 Å². The Kier molecular flexibility index (Phi) is 4.09. The summed E-state index contributed by atoms with van der Waals surface area (Å²) in [5, 5.41) is 11.9. The first-order valence-electron chi connectivity index (χ1n) is 6.55. The Morgan fingerprint density at radius 3 is 2.76 bits per heavy atom. The molecule has 6 nitrogen and oxygen atoms in total. The van der Waals surface area contributed by atoms with Crippen LogP contribution >= 0.6 is 22.7 Å². The lowest BCUT2D eigenvalue weighted by atomic mass is 10.1. The zero-order chi connectivity index (χ0) is 14.8. The molecule has 1 aliphatic rings. The van der Waals surface area contributed by atoms with E-state index in [1.807, 2.05) is 5.38 Å². The Morgan fingerprint density at radius 2 is 2.14 bits per heavy atom. The zero-order valence-corrected chi connectivity index (χ0v) is 12.7. The summed E-state index contributed by atoms with van der Waals surface area (Å²) in [5.41, 5.74) is 2.00. The highest BCUT2D eigenvalue weighted by Gasteiger charge is 2.32. The number of amides is 1. The van der Waals surface area contributed by atoms with Gasteiger partial charge in [-0.05, 0) is 18.8 Å². The lowest BCUT2D eigenvalue weighted by molar-refractivity contribution is -0.129. The maximum Gasteiger partial charge on any atom is 0.243 e. The zero-order valence-electron chi connectivity index (χ0n) is 11.0. The second-order valence-electron chi connectivity index (χ2n) is 4.80. The predicted octanol–water partition coefficient (Wildman–Crippen LogP) is 2.61. The highest BCUT2D eigenvalue weighted by atomic mass is 32.1. The quantitative estimate of drug-likeness (QED) is 0.484. The van der Waals surface area contributed by atoms with E-state index >= 15 is 0 Å². The maximum atomic E-state index is 12.3. The van der Waals surface area contributed by atoms with Gasteiger partial charge in [-0.3, -0.25) is 14.8 Å². The van der Waals surface area contributed by atoms with Gasteiger partial charge in [0, 0.05) is 29.3 Å². The summed E-state index contributed by atoms with van der Waals surface area (Å²) in [5.74, 6) is -0.298. The van der Waals surface area contributed by atoms with E-state index in [2.05, 4.69) is 9.97 Å². The number of hydroxylamine groups is 1. The van der Waals surface area contributed by atoms with Crippen LogP contribution in [0.15, 0.2) is 11.6 Å². The van der Waals surface area contributed by atoms with Gasteiger partial charge in [0.25, 0.3) is 0 Å². The smallest absolute Gasteiger partial charge is 0.243 e. The van der Waals surface area contributed by atoms with Gasteiger partial charge in [0.15, 0.2) is 15.8 Å². The van der Waals surface area contributed by atoms with Crippen LogP contribution in [0.25, 0.3) is 10.0 Å². The molecule has 0 radical (unpaired) electrons. The third kappa shape index (κ3) is 3.17. The van der Waals surface area contributed by atoms with Crippen molar-refractivity contribution in [3.05, 3.63) is 22.1 Å². The number of aromatic nitrogens is 2. The van der Waals surface area contributed by atoms with Gasteiger partial charge in [-0.2, -0.15) is 0 Å². The second kappa shape index (κ2) is 6.00. The molecule has 0 atom stereocenters. The number of rotatable bonds is 6. The fourth-order valence-electron chi connectivity index (χ4n) is 1.98. The van der Waals surface area contributed by atoms with Gasteiger partial charge in [0.05, 0.1) is 0 Å². The summed E-state index contributed by atoms with van der Waals surface area (Å²) in [6, 6.07) is 0. The fraction of sp³-hybridized carbons (Fsp3) is 0.385. The van der Waals surface area contributed by atoms with E-state index < -0.39 is 5.91 Å². The molecule has 2 N–H and O–H groups in total. The fourth-order valence-corrected chi connectivity index (χ4v) is 3.91. The molecule has 0 aromatic carbocycles. The average Bonchev–Trinajstić information content (AvgIpc) is 3.03. The Bertz CT molecular complexity index is 662. The van der Waals surface area contributed by atoms with Gasteiger partial charge < -0.3 is 0 Å². The molecule has 110 valence electrons. The van der Waals surface area contributed by atoms with Crippen LogP contribution < -0.4 is 5.48 Å². The topological polar surface area (TPSA) is 92.2 Å². The van der Waals surface area contributed by atoms with Crippen LogP contribution in [0.2, 0.25) is 0 Å². The largest absolute Gasteiger partial charge is 0.292 e. The van der Waals surface area contributed by atoms with Crippen LogP contribution in [0.1, 0.15) is 47.0 Å². The summed E-state index contributed by atoms with van der Waals surface area (Å²) in [6.07, 6.45) is 3.88. The molecule has 21 heavy (non-hydrogen) atoms. The standard InChI is InChI=1S/C13H13N3O3S2/c17-8(3-4-9(18)16-19)10-11(7-1-2-7)21-13(15-10)12-14-5-6-20-12/h5-7,19H,1-4H2,(H,16,18). The molecule has 1 aliphatic carbocycles. The van der Waals surface area contributed by atoms with Crippen molar-refractivity contribution in [1.82, 2.24) is 15.4 Å². The molecular weight excluding hydrogens is 310 g/mol. The van der Waals surface area contributed by atoms with Crippen molar-refractivity contribution in [3.63, 3.8) is 0 Å². The molecule has 2 heterocycles. The highest BCUT2D eigenvalue weighted by molar-refractivity contribution is 7.20. The van der Waals surface area contributed by atoms with E-state index in [0.29, 0.717) is 11.6 Å². The van der Waals surface area contributed by atoms with E-state index in [0.717, 1.165) is 27.7 Å². The molecule has 1 saturated carbocycles. The van der Waals surface area contributed by atoms with Crippen LogP contribution in [0.3, 0.4) is 0 Å². The third-order valence-electron chi connectivity index (χ3n) is 3.18. The van der Waals surface area contributed by atoms with Crippen molar-refractivity contribution < 1.29 is 14.8 Å². The van der Waals surface area contributed by atoms with Gasteiger partial charge >= 0.3 is 0 Å². The molecule has 3 rings (SSSR count). The monoisotopic (exact) mass is 323 g/mol. The van der Waals surface area contributed by atoms with Gasteiger partial charge in [-0.15, -0.1) is 22.7 Å². The first kappa shape index (κ1) is 14.3. The van der Waals surface area contributed by atoms with E-state index in [1.54, 1.807) is 6.20 Å². The molecule has 2 aromatic rings. The predicted molar refractivity (Wildman–Crippen MR) is 78.7 cm³/mol. The number of nitrogens with one attached hydrogen (secondary N) is 1. The normalized spacial score (nSPS) is 14.1. The van der Waals surface area contributed by atoms with Crippen molar-refractivity contribution in [2.75, 3.05) is 0 Å². The molecule has 0 bridgehead atoms. The molecule has 8 heteroatoms. The van der Waals surface area contributed by atoms with E-state index in [4.69, 9.17) is 5.21 Å². The Balaban J connectivity index is 1.83. The van der Waals surface area contributed by atoms with Crippen LogP contribution in [0.4, 0.5) is 0 Å². The van der Waals surface area contributed by atoms with E-state index in [-0.39, 0.29) is 18.6 Å². The summed E-state index contributed by atoms with van der Waals surface area (Å²) in [4.78, 5) is 33.0. The number of carbonyl (C=O) groups is 2. The van der Waals surface area contributed by atoms with Gasteiger partial charge in [-0.1, -0.05) is 0 Å². The lowest BCUT2D eigenvalue weighted by Gasteiger charge is -1.99. The Morgan fingerprint density at radius 1 is 1.33 bits per heavy atom. The number of nitrogens with zero attached hydrogens (tertiary/aromatic N) is 2. The summed E-state index contributed by atoms with van der Waals surface area (Å²) >= 11 is 3.01. The minimum absolute atomic E-state index is 0.0381. The Hall–Kier alpha value is -1.64. The first-order chi connectivity index (χ1) is 10.2. The maximum absolute atomic E-state index is 12.3. The lowest BCUT2D eigenvalue weighted by Crippen LogP contribution is -2.19. The minimum Gasteiger partial charge on any atom is -0.292 e. The van der Waals surface area contributed by atoms with Crippen molar-refractivity contribution in [1.29, 1.82) is 0 Å². The van der Waals surface area contributed by atoms with E-state index in [1.165, 1.54) is 28.2 Å². The Labute approximate surface area is 128 Å². The van der Waals surface area contributed by atoms with Crippen molar-refractivity contribution in [2.24, 2.45) is 0 Å². The van der Waals surface area contributed by atoms with Crippen LogP contribution in [-0.4, -0.2) is 26.9 Å². The molecule has 0 spiro atoms. The molecular formula is C13H13N3O3S2. The molecule has 1 fully saturated rings. The second-order valence-corrected chi connectivity index (χ2v) is 6.73. The van der Waals surface area contributed by atoms with Crippen molar-refractivity contribution in [2.45, 2.75) is 31.6 Å². The van der Waals surface area contributed by atoms with E-state index in [9.17, 15) is 9.59 Å². The summed E-state index contributed by atoms with van der Waals surface area (Å²) < 4.78 is 0. The van der Waals surface area contributed by atoms with Crippen molar-refractivity contribution in [3.8, 4) is 10.0 Å². The van der Waals surface area contributed by atoms with Crippen LogP contribution in [0, 0.1) is 0 Å². The molecule has 2 aromatic heterocycles. The summed E-state index contributed by atoms with van der Waals surface area (Å²) in [7, 11) is 0. The van der Waals surface area contributed by atoms with Crippen LogP contribution in [0.5, 0.6) is 0 Å². The molecule has 1 amide bonds. The van der Waals surface area contributed by atoms with Crippen LogP contribution in [-0.2, 0) is 4.79 Å². The average molecular weight is 323 g/mol. The number of carbonyl (C=O) groups excluding carboxylic acids is 2. The number of thiazole rings is 2. The molecule has 0 unspecified atom stereocenters. The molecule has 0 saturated heterocycles. The van der Waals surface area contributed by atoms with Gasteiger partial charge in [0.1, 0.15) is 5.69 Å². The third-order valence-corrected chi connectivity index (χ3v) is 5.32. The number of hydrogen-bond acceptors (Lipinski definition) is 7. The minimum atomic E-state index is -0.563. The number of Topliss-reactive ketones (excluding diaryl/α,β-unsaturated/α-hetero) is 1. The number of ketones is 1. The molecule has 0 aliphatic heterocycles. The number of hydrogen-bond donors (Lipinski definition) is 2. The van der Waals surface area contributed by atoms with Gasteiger partial charge in [-0.25, -0.2) is 15.4 Å². The first-order valence-corrected chi connectivity index (χ1v) is 8.25. The SMILES string of the molecule is O=C(CCC(=O)c1nc(-c2nccs2)sc1C1CC1)NO.